The summed E-state index contributed by atoms with van der Waals surface area (Å²) in [7, 11) is 0. The van der Waals surface area contributed by atoms with Gasteiger partial charge in [0.1, 0.15) is 0 Å². The standard InChI is InChI=1S/C22H15ClN4O3S/c23-15-6-9-19-18(10-15)22(17-8-7-16(27(29)30)11-20(17)25-19)31-13-21(28)26-24-12-14-4-2-1-3-5-14/h1-12H,13H2,(H,26,28)/b24-12+. The molecule has 0 saturated carbocycles. The molecular weight excluding hydrogens is 436 g/mol. The molecule has 0 fully saturated rings. The van der Waals surface area contributed by atoms with Gasteiger partial charge in [0.15, 0.2) is 0 Å². The molecule has 3 aromatic carbocycles. The van der Waals surface area contributed by atoms with Crippen molar-refractivity contribution in [2.75, 3.05) is 5.75 Å². The third kappa shape index (κ3) is 4.82. The van der Waals surface area contributed by atoms with E-state index in [0.29, 0.717) is 21.4 Å². The monoisotopic (exact) mass is 450 g/mol. The Balaban J connectivity index is 1.61. The maximum atomic E-state index is 12.3. The minimum absolute atomic E-state index is 0.0442. The highest BCUT2D eigenvalue weighted by molar-refractivity contribution is 8.00. The fourth-order valence-corrected chi connectivity index (χ4v) is 4.18. The third-order valence-corrected chi connectivity index (χ3v) is 5.80. The van der Waals surface area contributed by atoms with Gasteiger partial charge in [-0.25, -0.2) is 10.4 Å². The smallest absolute Gasteiger partial charge is 0.271 e. The molecule has 0 spiro atoms. The van der Waals surface area contributed by atoms with Crippen molar-refractivity contribution in [1.29, 1.82) is 0 Å². The number of nitro benzene ring substituents is 1. The quantitative estimate of drug-likeness (QED) is 0.143. The second-order valence-electron chi connectivity index (χ2n) is 6.55. The SMILES string of the molecule is O=C(CSc1c2ccc([N+](=O)[O-])cc2nc2ccc(Cl)cc12)N/N=C/c1ccccc1. The molecule has 0 aliphatic heterocycles. The molecule has 1 N–H and O–H groups in total. The van der Waals surface area contributed by atoms with Gasteiger partial charge in [-0.05, 0) is 29.8 Å². The zero-order chi connectivity index (χ0) is 21.8. The highest BCUT2D eigenvalue weighted by atomic mass is 35.5. The van der Waals surface area contributed by atoms with E-state index in [2.05, 4.69) is 15.5 Å². The van der Waals surface area contributed by atoms with E-state index in [9.17, 15) is 14.9 Å². The van der Waals surface area contributed by atoms with Crippen LogP contribution in [0.1, 0.15) is 5.56 Å². The molecular formula is C22H15ClN4O3S. The molecule has 0 aliphatic carbocycles. The van der Waals surface area contributed by atoms with Crippen LogP contribution in [-0.2, 0) is 4.79 Å². The number of fused-ring (bicyclic) bond motifs is 2. The molecule has 0 bridgehead atoms. The number of amides is 1. The van der Waals surface area contributed by atoms with E-state index in [4.69, 9.17) is 11.6 Å². The normalized spacial score (nSPS) is 11.3. The lowest BCUT2D eigenvalue weighted by molar-refractivity contribution is -0.384. The Hall–Kier alpha value is -3.49. The number of non-ortho nitro benzene ring substituents is 1. The van der Waals surface area contributed by atoms with Crippen LogP contribution in [0.15, 0.2) is 76.7 Å². The first-order valence-corrected chi connectivity index (χ1v) is 10.5. The number of hydrogen-bond acceptors (Lipinski definition) is 6. The van der Waals surface area contributed by atoms with E-state index in [0.717, 1.165) is 15.8 Å². The highest BCUT2D eigenvalue weighted by Gasteiger charge is 2.15. The molecule has 0 radical (unpaired) electrons. The maximum Gasteiger partial charge on any atom is 0.271 e. The first-order valence-electron chi connectivity index (χ1n) is 9.18. The molecule has 7 nitrogen and oxygen atoms in total. The van der Waals surface area contributed by atoms with Crippen LogP contribution in [0.4, 0.5) is 5.69 Å². The number of nitrogens with one attached hydrogen (secondary N) is 1. The lowest BCUT2D eigenvalue weighted by Crippen LogP contribution is -2.19. The predicted molar refractivity (Wildman–Crippen MR) is 124 cm³/mol. The van der Waals surface area contributed by atoms with Crippen LogP contribution in [-0.4, -0.2) is 27.8 Å². The average Bonchev–Trinajstić information content (AvgIpc) is 2.77. The maximum absolute atomic E-state index is 12.3. The Morgan fingerprint density at radius 3 is 2.68 bits per heavy atom. The molecule has 154 valence electrons. The molecule has 0 unspecified atom stereocenters. The first-order chi connectivity index (χ1) is 15.0. The lowest BCUT2D eigenvalue weighted by atomic mass is 10.1. The van der Waals surface area contributed by atoms with Crippen LogP contribution in [0, 0.1) is 10.1 Å². The minimum Gasteiger partial charge on any atom is -0.272 e. The van der Waals surface area contributed by atoms with Gasteiger partial charge >= 0.3 is 0 Å². The van der Waals surface area contributed by atoms with Crippen LogP contribution in [0.5, 0.6) is 0 Å². The molecule has 0 saturated heterocycles. The summed E-state index contributed by atoms with van der Waals surface area (Å²) >= 11 is 7.48. The minimum atomic E-state index is -0.460. The van der Waals surface area contributed by atoms with Crippen molar-refractivity contribution < 1.29 is 9.72 Å². The van der Waals surface area contributed by atoms with Crippen LogP contribution in [0.3, 0.4) is 0 Å². The van der Waals surface area contributed by atoms with Gasteiger partial charge in [-0.2, -0.15) is 5.10 Å². The zero-order valence-electron chi connectivity index (χ0n) is 16.0. The van der Waals surface area contributed by atoms with Gasteiger partial charge in [0, 0.05) is 32.8 Å². The lowest BCUT2D eigenvalue weighted by Gasteiger charge is -2.10. The Labute approximate surface area is 186 Å². The molecule has 1 heterocycles. The number of thioether (sulfide) groups is 1. The fraction of sp³-hybridized carbons (Fsp3) is 0.0455. The molecule has 4 aromatic rings. The van der Waals surface area contributed by atoms with Gasteiger partial charge in [0.2, 0.25) is 5.91 Å². The number of nitrogens with zero attached hydrogens (tertiary/aromatic N) is 3. The molecule has 31 heavy (non-hydrogen) atoms. The summed E-state index contributed by atoms with van der Waals surface area (Å²) in [5.41, 5.74) is 4.46. The second kappa shape index (κ2) is 9.11. The van der Waals surface area contributed by atoms with E-state index in [1.54, 1.807) is 30.5 Å². The van der Waals surface area contributed by atoms with E-state index in [1.807, 2.05) is 30.3 Å². The highest BCUT2D eigenvalue weighted by Crippen LogP contribution is 2.36. The van der Waals surface area contributed by atoms with Crippen molar-refractivity contribution >= 4 is 63.0 Å². The number of benzene rings is 3. The largest absolute Gasteiger partial charge is 0.272 e. The molecule has 9 heteroatoms. The Kier molecular flexibility index (Phi) is 6.11. The first kappa shape index (κ1) is 20.8. The number of aromatic nitrogens is 1. The molecule has 4 rings (SSSR count). The van der Waals surface area contributed by atoms with Crippen molar-refractivity contribution in [2.45, 2.75) is 4.90 Å². The fourth-order valence-electron chi connectivity index (χ4n) is 3.02. The Morgan fingerprint density at radius 2 is 1.90 bits per heavy atom. The summed E-state index contributed by atoms with van der Waals surface area (Å²) in [6, 6.07) is 19.2. The predicted octanol–water partition coefficient (Wildman–Crippen LogP) is 5.19. The number of nitro groups is 1. The van der Waals surface area contributed by atoms with E-state index in [1.165, 1.54) is 23.9 Å². The molecule has 1 amide bonds. The van der Waals surface area contributed by atoms with Gasteiger partial charge in [-0.15, -0.1) is 11.8 Å². The van der Waals surface area contributed by atoms with Crippen LogP contribution in [0.2, 0.25) is 5.02 Å². The summed E-state index contributed by atoms with van der Waals surface area (Å²) < 4.78 is 0. The average molecular weight is 451 g/mol. The topological polar surface area (TPSA) is 97.5 Å². The molecule has 0 aliphatic rings. The van der Waals surface area contributed by atoms with Gasteiger partial charge in [0.05, 0.1) is 27.9 Å². The van der Waals surface area contributed by atoms with Crippen LogP contribution >= 0.6 is 23.4 Å². The van der Waals surface area contributed by atoms with E-state index >= 15 is 0 Å². The van der Waals surface area contributed by atoms with Gasteiger partial charge in [-0.1, -0.05) is 41.9 Å². The summed E-state index contributed by atoms with van der Waals surface area (Å²) in [4.78, 5) is 28.3. The van der Waals surface area contributed by atoms with Gasteiger partial charge < -0.3 is 0 Å². The van der Waals surface area contributed by atoms with Crippen molar-refractivity contribution in [1.82, 2.24) is 10.4 Å². The number of rotatable bonds is 6. The van der Waals surface area contributed by atoms with Gasteiger partial charge in [-0.3, -0.25) is 14.9 Å². The molecule has 0 atom stereocenters. The van der Waals surface area contributed by atoms with Crippen molar-refractivity contribution in [3.63, 3.8) is 0 Å². The van der Waals surface area contributed by atoms with E-state index in [-0.39, 0.29) is 17.3 Å². The van der Waals surface area contributed by atoms with Crippen molar-refractivity contribution in [2.24, 2.45) is 5.10 Å². The van der Waals surface area contributed by atoms with Crippen LogP contribution in [0.25, 0.3) is 21.8 Å². The number of hydrogen-bond donors (Lipinski definition) is 1. The number of carbonyl (C=O) groups is 1. The van der Waals surface area contributed by atoms with E-state index < -0.39 is 4.92 Å². The zero-order valence-corrected chi connectivity index (χ0v) is 17.6. The number of pyridine rings is 1. The number of carbonyl (C=O) groups excluding carboxylic acids is 1. The Bertz CT molecular complexity index is 1330. The summed E-state index contributed by atoms with van der Waals surface area (Å²) in [6.07, 6.45) is 1.57. The second-order valence-corrected chi connectivity index (χ2v) is 7.98. The number of halogens is 1. The molecule has 1 aromatic heterocycles. The Morgan fingerprint density at radius 1 is 1.10 bits per heavy atom. The van der Waals surface area contributed by atoms with Crippen molar-refractivity contribution in [3.05, 3.63) is 87.4 Å². The van der Waals surface area contributed by atoms with Gasteiger partial charge in [0.25, 0.3) is 5.69 Å². The number of hydrazone groups is 1. The van der Waals surface area contributed by atoms with Crippen molar-refractivity contribution in [3.8, 4) is 0 Å². The van der Waals surface area contributed by atoms with Crippen LogP contribution < -0.4 is 5.43 Å². The summed E-state index contributed by atoms with van der Waals surface area (Å²) in [5, 5.41) is 17.1. The third-order valence-electron chi connectivity index (χ3n) is 4.43. The summed E-state index contributed by atoms with van der Waals surface area (Å²) in [6.45, 7) is 0. The summed E-state index contributed by atoms with van der Waals surface area (Å²) in [5.74, 6) is -0.177.